The van der Waals surface area contributed by atoms with Gasteiger partial charge >= 0.3 is 0 Å². The van der Waals surface area contributed by atoms with E-state index in [-0.39, 0.29) is 5.82 Å². The molecule has 3 N–H and O–H groups in total. The number of nitrogens with zero attached hydrogens (tertiary/aromatic N) is 3. The normalized spacial score (nSPS) is 14.0. The van der Waals surface area contributed by atoms with Crippen LogP contribution in [0, 0.1) is 5.82 Å². The first-order chi connectivity index (χ1) is 13.7. The van der Waals surface area contributed by atoms with Crippen LogP contribution in [0.25, 0.3) is 22.2 Å². The minimum absolute atomic E-state index is 0.162. The summed E-state index contributed by atoms with van der Waals surface area (Å²) < 4.78 is 14.7. The topological polar surface area (TPSA) is 80.0 Å². The van der Waals surface area contributed by atoms with Crippen molar-refractivity contribution in [1.29, 1.82) is 0 Å². The Bertz CT molecular complexity index is 1240. The van der Waals surface area contributed by atoms with Gasteiger partial charge in [0.15, 0.2) is 5.82 Å². The van der Waals surface area contributed by atoms with Gasteiger partial charge in [-0.1, -0.05) is 30.3 Å². The number of H-pyrrole nitrogens is 1. The van der Waals surface area contributed by atoms with E-state index in [0.717, 1.165) is 33.7 Å². The number of pyridine rings is 1. The van der Waals surface area contributed by atoms with Gasteiger partial charge in [-0.2, -0.15) is 5.10 Å². The minimum Gasteiger partial charge on any atom is -0.382 e. The molecule has 1 aliphatic heterocycles. The molecule has 3 heterocycles. The van der Waals surface area contributed by atoms with Crippen LogP contribution in [-0.2, 0) is 0 Å². The number of halogens is 1. The number of hydrogen-bond donors (Lipinski definition) is 2. The van der Waals surface area contributed by atoms with E-state index in [1.807, 2.05) is 48.5 Å². The lowest BCUT2D eigenvalue weighted by atomic mass is 9.95. The molecule has 0 atom stereocenters. The molecule has 2 aromatic carbocycles. The maximum absolute atomic E-state index is 14.7. The summed E-state index contributed by atoms with van der Waals surface area (Å²) in [7, 11) is 0. The number of nitrogens with one attached hydrogen (secondary N) is 1. The molecular formula is C22H16FN5. The van der Waals surface area contributed by atoms with Gasteiger partial charge in [0.2, 0.25) is 0 Å². The molecule has 0 amide bonds. The van der Waals surface area contributed by atoms with E-state index < -0.39 is 5.82 Å². The second-order valence-electron chi connectivity index (χ2n) is 6.65. The van der Waals surface area contributed by atoms with Gasteiger partial charge < -0.3 is 5.73 Å². The van der Waals surface area contributed by atoms with Crippen molar-refractivity contribution in [3.05, 3.63) is 89.5 Å². The molecule has 28 heavy (non-hydrogen) atoms. The Kier molecular flexibility index (Phi) is 3.76. The van der Waals surface area contributed by atoms with Crippen LogP contribution in [0.2, 0.25) is 0 Å². The Morgan fingerprint density at radius 1 is 0.929 bits per heavy atom. The van der Waals surface area contributed by atoms with E-state index in [2.05, 4.69) is 15.2 Å². The van der Waals surface area contributed by atoms with Gasteiger partial charge in [0.1, 0.15) is 5.82 Å². The van der Waals surface area contributed by atoms with Crippen molar-refractivity contribution in [2.24, 2.45) is 4.99 Å². The van der Waals surface area contributed by atoms with E-state index >= 15 is 0 Å². The van der Waals surface area contributed by atoms with Crippen molar-refractivity contribution in [1.82, 2.24) is 15.2 Å². The number of anilines is 1. The van der Waals surface area contributed by atoms with Crippen molar-refractivity contribution >= 4 is 33.7 Å². The minimum atomic E-state index is -0.395. The molecule has 5 nitrogen and oxygen atoms in total. The standard InChI is InChI=1S/C22H16FN5/c23-17-10-15(11-19-20(17)22(24)28-27-19)16-12-18(13-4-2-1-3-5-13)26-21(16)14-6-8-25-9-7-14/h1-11H,12H2,(H3,24,27,28). The summed E-state index contributed by atoms with van der Waals surface area (Å²) >= 11 is 0. The van der Waals surface area contributed by atoms with Gasteiger partial charge in [-0.05, 0) is 41.0 Å². The molecule has 0 aliphatic carbocycles. The lowest BCUT2D eigenvalue weighted by Crippen LogP contribution is -1.98. The highest BCUT2D eigenvalue weighted by molar-refractivity contribution is 6.17. The number of benzene rings is 2. The molecule has 2 aromatic heterocycles. The van der Waals surface area contributed by atoms with Gasteiger partial charge in [-0.3, -0.25) is 15.1 Å². The zero-order valence-corrected chi connectivity index (χ0v) is 14.9. The van der Waals surface area contributed by atoms with Crippen molar-refractivity contribution < 1.29 is 4.39 Å². The van der Waals surface area contributed by atoms with Crippen LogP contribution in [0.3, 0.4) is 0 Å². The van der Waals surface area contributed by atoms with E-state index in [4.69, 9.17) is 10.7 Å². The molecule has 0 unspecified atom stereocenters. The first-order valence-corrected chi connectivity index (χ1v) is 8.90. The average Bonchev–Trinajstić information content (AvgIpc) is 3.34. The summed E-state index contributed by atoms with van der Waals surface area (Å²) in [4.78, 5) is 8.99. The van der Waals surface area contributed by atoms with Gasteiger partial charge in [-0.25, -0.2) is 4.39 Å². The Morgan fingerprint density at radius 2 is 1.71 bits per heavy atom. The third-order valence-corrected chi connectivity index (χ3v) is 4.93. The van der Waals surface area contributed by atoms with Crippen LogP contribution < -0.4 is 5.73 Å². The van der Waals surface area contributed by atoms with Gasteiger partial charge in [-0.15, -0.1) is 0 Å². The van der Waals surface area contributed by atoms with Crippen molar-refractivity contribution in [2.45, 2.75) is 6.42 Å². The van der Waals surface area contributed by atoms with Crippen LogP contribution in [0.4, 0.5) is 10.2 Å². The highest BCUT2D eigenvalue weighted by Gasteiger charge is 2.23. The summed E-state index contributed by atoms with van der Waals surface area (Å²) in [6.07, 6.45) is 4.07. The number of aliphatic imine (C=N–C) groups is 1. The lowest BCUT2D eigenvalue weighted by molar-refractivity contribution is 0.640. The molecule has 4 aromatic rings. The van der Waals surface area contributed by atoms with Crippen LogP contribution in [0.15, 0.2) is 72.0 Å². The number of allylic oxidation sites excluding steroid dienone is 1. The molecular weight excluding hydrogens is 353 g/mol. The quantitative estimate of drug-likeness (QED) is 0.560. The van der Waals surface area contributed by atoms with Gasteiger partial charge in [0.05, 0.1) is 22.3 Å². The monoisotopic (exact) mass is 369 g/mol. The smallest absolute Gasteiger partial charge is 0.156 e. The number of aromatic nitrogens is 3. The fourth-order valence-corrected chi connectivity index (χ4v) is 3.58. The Balaban J connectivity index is 1.68. The average molecular weight is 369 g/mol. The highest BCUT2D eigenvalue weighted by atomic mass is 19.1. The second kappa shape index (κ2) is 6.42. The fourth-order valence-electron chi connectivity index (χ4n) is 3.58. The summed E-state index contributed by atoms with van der Waals surface area (Å²) in [6, 6.07) is 17.2. The van der Waals surface area contributed by atoms with E-state index in [1.165, 1.54) is 6.07 Å². The van der Waals surface area contributed by atoms with Crippen molar-refractivity contribution in [2.75, 3.05) is 5.73 Å². The van der Waals surface area contributed by atoms with Crippen molar-refractivity contribution in [3.8, 4) is 0 Å². The van der Waals surface area contributed by atoms with Crippen LogP contribution in [-0.4, -0.2) is 20.9 Å². The maximum atomic E-state index is 14.7. The summed E-state index contributed by atoms with van der Waals surface area (Å²) in [5.41, 5.74) is 11.8. The predicted molar refractivity (Wildman–Crippen MR) is 109 cm³/mol. The largest absolute Gasteiger partial charge is 0.382 e. The zero-order chi connectivity index (χ0) is 19.1. The second-order valence-corrected chi connectivity index (χ2v) is 6.65. The van der Waals surface area contributed by atoms with Crippen molar-refractivity contribution in [3.63, 3.8) is 0 Å². The molecule has 136 valence electrons. The molecule has 0 saturated carbocycles. The molecule has 1 aliphatic rings. The molecule has 6 heteroatoms. The maximum Gasteiger partial charge on any atom is 0.156 e. The molecule has 0 fully saturated rings. The van der Waals surface area contributed by atoms with E-state index in [1.54, 1.807) is 12.4 Å². The van der Waals surface area contributed by atoms with E-state index in [9.17, 15) is 4.39 Å². The molecule has 5 rings (SSSR count). The highest BCUT2D eigenvalue weighted by Crippen LogP contribution is 2.38. The van der Waals surface area contributed by atoms with Gasteiger partial charge in [0, 0.05) is 24.4 Å². The summed E-state index contributed by atoms with van der Waals surface area (Å²) in [5, 5.41) is 7.05. The number of hydrogen-bond acceptors (Lipinski definition) is 4. The van der Waals surface area contributed by atoms with Crippen LogP contribution in [0.1, 0.15) is 23.1 Å². The van der Waals surface area contributed by atoms with E-state index in [0.29, 0.717) is 17.3 Å². The first-order valence-electron chi connectivity index (χ1n) is 8.90. The number of fused-ring (bicyclic) bond motifs is 1. The first kappa shape index (κ1) is 16.4. The Morgan fingerprint density at radius 3 is 2.50 bits per heavy atom. The molecule has 0 spiro atoms. The third-order valence-electron chi connectivity index (χ3n) is 4.93. The lowest BCUT2D eigenvalue weighted by Gasteiger charge is -2.08. The van der Waals surface area contributed by atoms with Crippen LogP contribution in [0.5, 0.6) is 0 Å². The Labute approximate surface area is 160 Å². The number of aromatic amines is 1. The molecule has 0 bridgehead atoms. The van der Waals surface area contributed by atoms with Gasteiger partial charge in [0.25, 0.3) is 0 Å². The zero-order valence-electron chi connectivity index (χ0n) is 14.9. The SMILES string of the molecule is Nc1n[nH]c2cc(C3=C(c4ccncc4)N=C(c4ccccc4)C3)cc(F)c12. The predicted octanol–water partition coefficient (Wildman–Crippen LogP) is 4.44. The number of rotatable bonds is 3. The summed E-state index contributed by atoms with van der Waals surface area (Å²) in [6.45, 7) is 0. The third kappa shape index (κ3) is 2.66. The fraction of sp³-hybridized carbons (Fsp3) is 0.0455. The Hall–Kier alpha value is -3.80. The summed E-state index contributed by atoms with van der Waals surface area (Å²) in [5.74, 6) is -0.233. The number of nitrogen functional groups attached to an aromatic ring is 1. The van der Waals surface area contributed by atoms with Crippen LogP contribution >= 0.6 is 0 Å². The number of nitrogens with two attached hydrogens (primary N) is 1. The molecule has 0 radical (unpaired) electrons. The molecule has 0 saturated heterocycles.